The predicted molar refractivity (Wildman–Crippen MR) is 80.4 cm³/mol. The van der Waals surface area contributed by atoms with Crippen LogP contribution in [0, 0.1) is 16.0 Å². The molecule has 0 atom stereocenters. The molecule has 2 aliphatic heterocycles. The number of morpholine rings is 1. The molecule has 3 rings (SSSR count). The lowest BCUT2D eigenvalue weighted by Crippen LogP contribution is -2.43. The van der Waals surface area contributed by atoms with E-state index in [1.54, 1.807) is 0 Å². The molecule has 0 unspecified atom stereocenters. The van der Waals surface area contributed by atoms with Crippen LogP contribution in [0.4, 0.5) is 5.82 Å². The fraction of sp³-hybridized carbons (Fsp3) is 0.786. The van der Waals surface area contributed by atoms with E-state index in [-0.39, 0.29) is 10.7 Å². The van der Waals surface area contributed by atoms with E-state index in [1.165, 1.54) is 16.9 Å². The summed E-state index contributed by atoms with van der Waals surface area (Å²) in [5.74, 6) is 0.789. The molecular weight excluding hydrogens is 286 g/mol. The SMILES string of the molecule is O=[N+]([O-])c1ccnn1CN1CCC(CN2CCOCC2)CC1. The van der Waals surface area contributed by atoms with Gasteiger partial charge in [0.1, 0.15) is 0 Å². The Balaban J connectivity index is 1.45. The van der Waals surface area contributed by atoms with E-state index in [0.717, 1.165) is 64.7 Å². The third-order valence-electron chi connectivity index (χ3n) is 4.54. The zero-order chi connectivity index (χ0) is 15.4. The molecule has 8 nitrogen and oxygen atoms in total. The summed E-state index contributed by atoms with van der Waals surface area (Å²) in [7, 11) is 0. The summed E-state index contributed by atoms with van der Waals surface area (Å²) in [6.45, 7) is 7.40. The van der Waals surface area contributed by atoms with Crippen LogP contribution in [0.3, 0.4) is 0 Å². The Morgan fingerprint density at radius 3 is 2.64 bits per heavy atom. The Morgan fingerprint density at radius 2 is 1.95 bits per heavy atom. The van der Waals surface area contributed by atoms with E-state index in [1.807, 2.05) is 0 Å². The van der Waals surface area contributed by atoms with E-state index < -0.39 is 0 Å². The van der Waals surface area contributed by atoms with Gasteiger partial charge in [0, 0.05) is 32.7 Å². The minimum Gasteiger partial charge on any atom is -0.379 e. The first-order chi connectivity index (χ1) is 10.7. The highest BCUT2D eigenvalue weighted by Gasteiger charge is 2.25. The molecule has 2 fully saturated rings. The Bertz CT molecular complexity index is 492. The molecule has 0 amide bonds. The van der Waals surface area contributed by atoms with Gasteiger partial charge in [-0.05, 0) is 23.7 Å². The summed E-state index contributed by atoms with van der Waals surface area (Å²) in [5, 5.41) is 15.0. The molecule has 0 aliphatic carbocycles. The van der Waals surface area contributed by atoms with Crippen LogP contribution in [0.2, 0.25) is 0 Å². The summed E-state index contributed by atoms with van der Waals surface area (Å²) in [6.07, 6.45) is 3.78. The van der Waals surface area contributed by atoms with Crippen molar-refractivity contribution in [1.29, 1.82) is 0 Å². The van der Waals surface area contributed by atoms with E-state index >= 15 is 0 Å². The van der Waals surface area contributed by atoms with Crippen molar-refractivity contribution in [3.05, 3.63) is 22.4 Å². The molecule has 8 heteroatoms. The van der Waals surface area contributed by atoms with Crippen LogP contribution in [-0.4, -0.2) is 70.4 Å². The highest BCUT2D eigenvalue weighted by Crippen LogP contribution is 2.20. The van der Waals surface area contributed by atoms with Gasteiger partial charge in [-0.15, -0.1) is 4.68 Å². The Morgan fingerprint density at radius 1 is 1.23 bits per heavy atom. The molecule has 3 heterocycles. The molecule has 0 radical (unpaired) electrons. The first-order valence-electron chi connectivity index (χ1n) is 7.91. The molecule has 1 aromatic rings. The van der Waals surface area contributed by atoms with Crippen molar-refractivity contribution in [3.8, 4) is 0 Å². The van der Waals surface area contributed by atoms with Crippen LogP contribution in [0.1, 0.15) is 12.8 Å². The van der Waals surface area contributed by atoms with E-state index in [9.17, 15) is 10.1 Å². The van der Waals surface area contributed by atoms with Crippen LogP contribution in [0.15, 0.2) is 12.3 Å². The average Bonchev–Trinajstić information content (AvgIpc) is 2.99. The van der Waals surface area contributed by atoms with Gasteiger partial charge >= 0.3 is 5.82 Å². The van der Waals surface area contributed by atoms with Gasteiger partial charge in [-0.25, -0.2) is 0 Å². The maximum absolute atomic E-state index is 10.9. The Hall–Kier alpha value is -1.51. The first-order valence-corrected chi connectivity index (χ1v) is 7.91. The van der Waals surface area contributed by atoms with Crippen molar-refractivity contribution >= 4 is 5.82 Å². The van der Waals surface area contributed by atoms with Crippen molar-refractivity contribution in [2.24, 2.45) is 5.92 Å². The van der Waals surface area contributed by atoms with Gasteiger partial charge in [-0.2, -0.15) is 0 Å². The Kier molecular flexibility index (Phi) is 5.01. The van der Waals surface area contributed by atoms with Crippen LogP contribution >= 0.6 is 0 Å². The second-order valence-electron chi connectivity index (χ2n) is 6.06. The molecule has 1 aromatic heterocycles. The maximum Gasteiger partial charge on any atom is 0.346 e. The van der Waals surface area contributed by atoms with Crippen LogP contribution < -0.4 is 0 Å². The molecule has 0 aromatic carbocycles. The third-order valence-corrected chi connectivity index (χ3v) is 4.54. The van der Waals surface area contributed by atoms with Gasteiger partial charge in [0.15, 0.2) is 6.67 Å². The van der Waals surface area contributed by atoms with E-state index in [4.69, 9.17) is 4.74 Å². The van der Waals surface area contributed by atoms with Gasteiger partial charge in [0.05, 0.1) is 25.5 Å². The Labute approximate surface area is 129 Å². The third kappa shape index (κ3) is 3.82. The standard InChI is InChI=1S/C14H23N5O3/c20-19(21)14-1-4-15-18(14)12-17-5-2-13(3-6-17)11-16-7-9-22-10-8-16/h1,4,13H,2-3,5-12H2. The van der Waals surface area contributed by atoms with Gasteiger partial charge < -0.3 is 14.9 Å². The monoisotopic (exact) mass is 309 g/mol. The summed E-state index contributed by atoms with van der Waals surface area (Å²) in [6, 6.07) is 1.45. The summed E-state index contributed by atoms with van der Waals surface area (Å²) < 4.78 is 6.86. The zero-order valence-electron chi connectivity index (χ0n) is 12.8. The number of aromatic nitrogens is 2. The van der Waals surface area contributed by atoms with Crippen molar-refractivity contribution in [1.82, 2.24) is 19.6 Å². The smallest absolute Gasteiger partial charge is 0.346 e. The molecule has 0 saturated carbocycles. The number of hydrogen-bond acceptors (Lipinski definition) is 6. The summed E-state index contributed by atoms with van der Waals surface area (Å²) in [4.78, 5) is 15.3. The second kappa shape index (κ2) is 7.17. The molecule has 0 bridgehead atoms. The predicted octanol–water partition coefficient (Wildman–Crippen LogP) is 0.793. The number of ether oxygens (including phenoxy) is 1. The van der Waals surface area contributed by atoms with Crippen molar-refractivity contribution in [2.75, 3.05) is 45.9 Å². The van der Waals surface area contributed by atoms with Crippen molar-refractivity contribution in [3.63, 3.8) is 0 Å². The number of piperidine rings is 1. The van der Waals surface area contributed by atoms with Crippen LogP contribution in [0.25, 0.3) is 0 Å². The molecular formula is C14H23N5O3. The van der Waals surface area contributed by atoms with Gasteiger partial charge in [0.2, 0.25) is 0 Å². The number of nitro groups is 1. The van der Waals surface area contributed by atoms with E-state index in [2.05, 4.69) is 14.9 Å². The van der Waals surface area contributed by atoms with Crippen molar-refractivity contribution in [2.45, 2.75) is 19.5 Å². The lowest BCUT2D eigenvalue weighted by molar-refractivity contribution is -0.393. The van der Waals surface area contributed by atoms with E-state index in [0.29, 0.717) is 6.67 Å². The zero-order valence-corrected chi connectivity index (χ0v) is 12.8. The fourth-order valence-corrected chi connectivity index (χ4v) is 3.24. The topological polar surface area (TPSA) is 76.7 Å². The summed E-state index contributed by atoms with van der Waals surface area (Å²) >= 11 is 0. The van der Waals surface area contributed by atoms with Gasteiger partial charge in [-0.3, -0.25) is 9.80 Å². The molecule has 0 N–H and O–H groups in total. The minimum atomic E-state index is -0.377. The number of rotatable bonds is 5. The average molecular weight is 309 g/mol. The first kappa shape index (κ1) is 15.4. The molecule has 22 heavy (non-hydrogen) atoms. The second-order valence-corrected chi connectivity index (χ2v) is 6.06. The normalized spacial score (nSPS) is 22.0. The van der Waals surface area contributed by atoms with Crippen LogP contribution in [0.5, 0.6) is 0 Å². The largest absolute Gasteiger partial charge is 0.379 e. The van der Waals surface area contributed by atoms with Gasteiger partial charge in [0.25, 0.3) is 0 Å². The molecule has 2 saturated heterocycles. The van der Waals surface area contributed by atoms with Crippen LogP contribution in [-0.2, 0) is 11.4 Å². The minimum absolute atomic E-state index is 0.0652. The lowest BCUT2D eigenvalue weighted by Gasteiger charge is -2.35. The van der Waals surface area contributed by atoms with Gasteiger partial charge in [-0.1, -0.05) is 5.10 Å². The quantitative estimate of drug-likeness (QED) is 0.591. The molecule has 122 valence electrons. The number of hydrogen-bond donors (Lipinski definition) is 0. The maximum atomic E-state index is 10.9. The highest BCUT2D eigenvalue weighted by molar-refractivity contribution is 5.15. The number of likely N-dealkylation sites (tertiary alicyclic amines) is 1. The lowest BCUT2D eigenvalue weighted by atomic mass is 9.96. The molecule has 2 aliphatic rings. The molecule has 0 spiro atoms. The fourth-order valence-electron chi connectivity index (χ4n) is 3.24. The number of nitrogens with zero attached hydrogens (tertiary/aromatic N) is 5. The van der Waals surface area contributed by atoms with Crippen molar-refractivity contribution < 1.29 is 9.66 Å². The highest BCUT2D eigenvalue weighted by atomic mass is 16.6. The summed E-state index contributed by atoms with van der Waals surface area (Å²) in [5.41, 5.74) is 0.